The molecular formula is C23H18ClN3O3. The molecule has 150 valence electrons. The third kappa shape index (κ3) is 2.92. The molecule has 1 saturated heterocycles. The highest BCUT2D eigenvalue weighted by molar-refractivity contribution is 6.33. The van der Waals surface area contributed by atoms with E-state index in [0.717, 1.165) is 21.8 Å². The number of benzene rings is 2. The van der Waals surface area contributed by atoms with Crippen molar-refractivity contribution >= 4 is 45.3 Å². The van der Waals surface area contributed by atoms with Crippen molar-refractivity contribution in [3.63, 3.8) is 0 Å². The monoisotopic (exact) mass is 419 g/mol. The fraction of sp³-hybridized carbons (Fsp3) is 0.174. The van der Waals surface area contributed by atoms with Gasteiger partial charge in [0, 0.05) is 28.4 Å². The van der Waals surface area contributed by atoms with Gasteiger partial charge >= 0.3 is 5.97 Å². The molecular weight excluding hydrogens is 402 g/mol. The van der Waals surface area contributed by atoms with Gasteiger partial charge in [-0.1, -0.05) is 48.0 Å². The Bertz CT molecular complexity index is 1310. The number of carboxylic acid groups (broad SMARTS) is 1. The topological polar surface area (TPSA) is 86.3 Å². The van der Waals surface area contributed by atoms with Gasteiger partial charge in [0.15, 0.2) is 0 Å². The van der Waals surface area contributed by atoms with Crippen LogP contribution >= 0.6 is 11.6 Å². The maximum absolute atomic E-state index is 13.3. The SMILES string of the molecule is O=C(O)C1CCCN1C(=O)c1cc2c([nH]c3ccccc32)c(-c2ccccc2Cl)n1. The fourth-order valence-electron chi connectivity index (χ4n) is 4.22. The van der Waals surface area contributed by atoms with E-state index in [1.807, 2.05) is 42.5 Å². The molecule has 0 aliphatic carbocycles. The van der Waals surface area contributed by atoms with Crippen molar-refractivity contribution in [2.24, 2.45) is 0 Å². The second kappa shape index (κ2) is 7.15. The van der Waals surface area contributed by atoms with Crippen LogP contribution in [0.5, 0.6) is 0 Å². The molecule has 1 aliphatic heterocycles. The lowest BCUT2D eigenvalue weighted by molar-refractivity contribution is -0.141. The number of carbonyl (C=O) groups excluding carboxylic acids is 1. The molecule has 2 aromatic heterocycles. The van der Waals surface area contributed by atoms with Gasteiger partial charge < -0.3 is 15.0 Å². The van der Waals surface area contributed by atoms with E-state index in [4.69, 9.17) is 11.6 Å². The number of para-hydroxylation sites is 1. The Morgan fingerprint density at radius 2 is 1.87 bits per heavy atom. The van der Waals surface area contributed by atoms with Crippen LogP contribution in [0.25, 0.3) is 33.1 Å². The minimum atomic E-state index is -0.986. The zero-order valence-electron chi connectivity index (χ0n) is 15.9. The fourth-order valence-corrected chi connectivity index (χ4v) is 4.44. The van der Waals surface area contributed by atoms with Gasteiger partial charge in [-0.2, -0.15) is 0 Å². The second-order valence-corrected chi connectivity index (χ2v) is 7.83. The lowest BCUT2D eigenvalue weighted by atomic mass is 10.1. The van der Waals surface area contributed by atoms with Crippen molar-refractivity contribution in [2.45, 2.75) is 18.9 Å². The summed E-state index contributed by atoms with van der Waals surface area (Å²) in [6.07, 6.45) is 1.11. The van der Waals surface area contributed by atoms with Gasteiger partial charge in [-0.25, -0.2) is 9.78 Å². The molecule has 0 spiro atoms. The van der Waals surface area contributed by atoms with E-state index in [0.29, 0.717) is 35.7 Å². The molecule has 5 rings (SSSR count). The summed E-state index contributed by atoms with van der Waals surface area (Å²) in [4.78, 5) is 34.3. The molecule has 7 heteroatoms. The van der Waals surface area contributed by atoms with E-state index in [1.54, 1.807) is 12.1 Å². The van der Waals surface area contributed by atoms with E-state index >= 15 is 0 Å². The van der Waals surface area contributed by atoms with Crippen LogP contribution in [0, 0.1) is 0 Å². The van der Waals surface area contributed by atoms with E-state index in [2.05, 4.69) is 9.97 Å². The summed E-state index contributed by atoms with van der Waals surface area (Å²) in [6, 6.07) is 16.1. The molecule has 6 nitrogen and oxygen atoms in total. The number of hydrogen-bond acceptors (Lipinski definition) is 3. The number of amides is 1. The van der Waals surface area contributed by atoms with Gasteiger partial charge in [0.1, 0.15) is 11.7 Å². The van der Waals surface area contributed by atoms with Crippen LogP contribution in [0.1, 0.15) is 23.3 Å². The number of hydrogen-bond donors (Lipinski definition) is 2. The number of pyridine rings is 1. The van der Waals surface area contributed by atoms with Gasteiger partial charge in [0.25, 0.3) is 5.91 Å². The van der Waals surface area contributed by atoms with Crippen LogP contribution in [-0.2, 0) is 4.79 Å². The maximum Gasteiger partial charge on any atom is 0.326 e. The van der Waals surface area contributed by atoms with E-state index in [9.17, 15) is 14.7 Å². The summed E-state index contributed by atoms with van der Waals surface area (Å²) < 4.78 is 0. The molecule has 1 amide bonds. The third-order valence-electron chi connectivity index (χ3n) is 5.64. The summed E-state index contributed by atoms with van der Waals surface area (Å²) in [5.74, 6) is -1.36. The number of aromatic amines is 1. The highest BCUT2D eigenvalue weighted by atomic mass is 35.5. The minimum Gasteiger partial charge on any atom is -0.480 e. The predicted molar refractivity (Wildman–Crippen MR) is 116 cm³/mol. The number of rotatable bonds is 3. The zero-order valence-corrected chi connectivity index (χ0v) is 16.7. The number of nitrogens with one attached hydrogen (secondary N) is 1. The Hall–Kier alpha value is -3.38. The van der Waals surface area contributed by atoms with Crippen molar-refractivity contribution in [1.82, 2.24) is 14.9 Å². The normalized spacial score (nSPS) is 16.4. The van der Waals surface area contributed by atoms with Gasteiger partial charge in [-0.05, 0) is 31.0 Å². The molecule has 0 bridgehead atoms. The summed E-state index contributed by atoms with van der Waals surface area (Å²) in [5, 5.41) is 11.8. The van der Waals surface area contributed by atoms with E-state index in [-0.39, 0.29) is 11.6 Å². The maximum atomic E-state index is 13.3. The summed E-state index contributed by atoms with van der Waals surface area (Å²) in [6.45, 7) is 0.408. The molecule has 4 aromatic rings. The van der Waals surface area contributed by atoms with Gasteiger partial charge in [0.2, 0.25) is 0 Å². The first-order valence-electron chi connectivity index (χ1n) is 9.75. The third-order valence-corrected chi connectivity index (χ3v) is 5.97. The smallest absolute Gasteiger partial charge is 0.326 e. The van der Waals surface area contributed by atoms with Gasteiger partial charge in [0.05, 0.1) is 16.2 Å². The zero-order chi connectivity index (χ0) is 20.8. The number of carbonyl (C=O) groups is 2. The van der Waals surface area contributed by atoms with Crippen molar-refractivity contribution in [3.8, 4) is 11.3 Å². The van der Waals surface area contributed by atoms with E-state index in [1.165, 1.54) is 4.90 Å². The highest BCUT2D eigenvalue weighted by Crippen LogP contribution is 2.36. The Balaban J connectivity index is 1.75. The molecule has 1 atom stereocenters. The quantitative estimate of drug-likeness (QED) is 0.502. The van der Waals surface area contributed by atoms with Crippen LogP contribution in [0.3, 0.4) is 0 Å². The number of carboxylic acids is 1. The first-order valence-corrected chi connectivity index (χ1v) is 10.1. The molecule has 1 aliphatic rings. The number of fused-ring (bicyclic) bond motifs is 3. The number of nitrogens with zero attached hydrogens (tertiary/aromatic N) is 2. The van der Waals surface area contributed by atoms with E-state index < -0.39 is 12.0 Å². The van der Waals surface area contributed by atoms with Crippen LogP contribution in [-0.4, -0.2) is 44.4 Å². The number of halogens is 1. The van der Waals surface area contributed by atoms with Crippen LogP contribution in [0.4, 0.5) is 0 Å². The first-order chi connectivity index (χ1) is 14.5. The Morgan fingerprint density at radius 3 is 2.67 bits per heavy atom. The number of aromatic nitrogens is 2. The lowest BCUT2D eigenvalue weighted by Crippen LogP contribution is -2.40. The molecule has 0 radical (unpaired) electrons. The molecule has 2 N–H and O–H groups in total. The summed E-state index contributed by atoms with van der Waals surface area (Å²) in [7, 11) is 0. The molecule has 1 unspecified atom stereocenters. The number of likely N-dealkylation sites (tertiary alicyclic amines) is 1. The summed E-state index contributed by atoms with van der Waals surface area (Å²) >= 11 is 6.45. The van der Waals surface area contributed by atoms with Gasteiger partial charge in [-0.15, -0.1) is 0 Å². The average molecular weight is 420 g/mol. The standard InChI is InChI=1S/C23H18ClN3O3/c24-16-8-3-1-7-14(16)20-21-15(13-6-2-4-9-17(13)25-21)12-18(26-20)22(28)27-11-5-10-19(27)23(29)30/h1-4,6-9,12,19,25H,5,10-11H2,(H,29,30). The van der Waals surface area contributed by atoms with Crippen LogP contribution in [0.15, 0.2) is 54.6 Å². The number of H-pyrrole nitrogens is 1. The van der Waals surface area contributed by atoms with Gasteiger partial charge in [-0.3, -0.25) is 4.79 Å². The Morgan fingerprint density at radius 1 is 1.10 bits per heavy atom. The van der Waals surface area contributed by atoms with Crippen molar-refractivity contribution in [3.05, 3.63) is 65.3 Å². The minimum absolute atomic E-state index is 0.218. The lowest BCUT2D eigenvalue weighted by Gasteiger charge is -2.21. The number of aliphatic carboxylic acids is 1. The summed E-state index contributed by atoms with van der Waals surface area (Å²) in [5.41, 5.74) is 3.22. The van der Waals surface area contributed by atoms with Crippen molar-refractivity contribution < 1.29 is 14.7 Å². The van der Waals surface area contributed by atoms with Crippen LogP contribution < -0.4 is 0 Å². The second-order valence-electron chi connectivity index (χ2n) is 7.42. The van der Waals surface area contributed by atoms with Crippen molar-refractivity contribution in [1.29, 1.82) is 0 Å². The molecule has 3 heterocycles. The Labute approximate surface area is 177 Å². The molecule has 30 heavy (non-hydrogen) atoms. The predicted octanol–water partition coefficient (Wildman–Crippen LogP) is 4.73. The van der Waals surface area contributed by atoms with Crippen LogP contribution in [0.2, 0.25) is 5.02 Å². The average Bonchev–Trinajstić information content (AvgIpc) is 3.38. The molecule has 1 fully saturated rings. The Kier molecular flexibility index (Phi) is 4.44. The first kappa shape index (κ1) is 18.6. The molecule has 0 saturated carbocycles. The highest BCUT2D eigenvalue weighted by Gasteiger charge is 2.35. The van der Waals surface area contributed by atoms with Crippen molar-refractivity contribution in [2.75, 3.05) is 6.54 Å². The largest absolute Gasteiger partial charge is 0.480 e. The molecule has 2 aromatic carbocycles.